The van der Waals surface area contributed by atoms with E-state index in [1.165, 1.54) is 0 Å². The monoisotopic (exact) mass is 268 g/mol. The summed E-state index contributed by atoms with van der Waals surface area (Å²) < 4.78 is 16.3. The average Bonchev–Trinajstić information content (AvgIpc) is 2.39. The number of aromatic hydroxyl groups is 1. The average molecular weight is 268 g/mol. The van der Waals surface area contributed by atoms with E-state index >= 15 is 0 Å². The van der Waals surface area contributed by atoms with Gasteiger partial charge in [-0.3, -0.25) is 0 Å². The van der Waals surface area contributed by atoms with Crippen LogP contribution in [0.15, 0.2) is 6.07 Å². The second-order valence-corrected chi connectivity index (χ2v) is 4.31. The van der Waals surface area contributed by atoms with E-state index in [-0.39, 0.29) is 5.75 Å². The molecule has 1 rings (SSSR count). The molecular weight excluding hydrogens is 244 g/mol. The highest BCUT2D eigenvalue weighted by Crippen LogP contribution is 2.34. The van der Waals surface area contributed by atoms with Crippen LogP contribution in [0.1, 0.15) is 30.5 Å². The standard InChI is InChI=1S/C15H24O4/c1-5-18-10-13-12(7-8-17-4)14(16)9-11(3)15(13)19-6-2/h9,16H,5-8,10H2,1-4H3. The molecular formula is C15H24O4. The van der Waals surface area contributed by atoms with Crippen LogP contribution in [0.25, 0.3) is 0 Å². The molecule has 0 amide bonds. The van der Waals surface area contributed by atoms with E-state index in [1.807, 2.05) is 20.8 Å². The second-order valence-electron chi connectivity index (χ2n) is 4.31. The van der Waals surface area contributed by atoms with Crippen LogP contribution < -0.4 is 4.74 Å². The van der Waals surface area contributed by atoms with Gasteiger partial charge >= 0.3 is 0 Å². The third kappa shape index (κ3) is 4.11. The first-order chi connectivity index (χ1) is 9.15. The first-order valence-corrected chi connectivity index (χ1v) is 6.69. The van der Waals surface area contributed by atoms with Gasteiger partial charge in [0.25, 0.3) is 0 Å². The van der Waals surface area contributed by atoms with Crippen molar-refractivity contribution in [3.8, 4) is 11.5 Å². The Morgan fingerprint density at radius 1 is 1.16 bits per heavy atom. The highest BCUT2D eigenvalue weighted by atomic mass is 16.5. The number of methoxy groups -OCH3 is 1. The van der Waals surface area contributed by atoms with Crippen molar-refractivity contribution in [2.24, 2.45) is 0 Å². The number of phenols is 1. The summed E-state index contributed by atoms with van der Waals surface area (Å²) in [7, 11) is 1.65. The van der Waals surface area contributed by atoms with Gasteiger partial charge in [0.05, 0.1) is 19.8 Å². The maximum atomic E-state index is 10.1. The SMILES string of the molecule is CCOCc1c(CCOC)c(O)cc(C)c1OCC. The normalized spacial score (nSPS) is 10.7. The molecule has 1 aromatic rings. The van der Waals surface area contributed by atoms with Crippen LogP contribution in [-0.4, -0.2) is 32.0 Å². The van der Waals surface area contributed by atoms with Crippen molar-refractivity contribution in [3.63, 3.8) is 0 Å². The van der Waals surface area contributed by atoms with Gasteiger partial charge in [-0.1, -0.05) is 0 Å². The lowest BCUT2D eigenvalue weighted by atomic mass is 9.99. The molecule has 0 heterocycles. The molecule has 0 aliphatic heterocycles. The molecule has 0 aromatic heterocycles. The van der Waals surface area contributed by atoms with Crippen LogP contribution in [0.5, 0.6) is 11.5 Å². The molecule has 0 unspecified atom stereocenters. The molecule has 0 spiro atoms. The molecule has 0 saturated carbocycles. The van der Waals surface area contributed by atoms with E-state index in [2.05, 4.69) is 0 Å². The predicted octanol–water partition coefficient (Wildman–Crippen LogP) is 2.82. The third-order valence-corrected chi connectivity index (χ3v) is 2.95. The van der Waals surface area contributed by atoms with Gasteiger partial charge in [0.15, 0.2) is 0 Å². The van der Waals surface area contributed by atoms with Gasteiger partial charge in [0.2, 0.25) is 0 Å². The Hall–Kier alpha value is -1.26. The quantitative estimate of drug-likeness (QED) is 0.787. The minimum Gasteiger partial charge on any atom is -0.508 e. The minimum absolute atomic E-state index is 0.285. The van der Waals surface area contributed by atoms with Crippen LogP contribution >= 0.6 is 0 Å². The van der Waals surface area contributed by atoms with Gasteiger partial charge in [-0.2, -0.15) is 0 Å². The summed E-state index contributed by atoms with van der Waals surface area (Å²) in [4.78, 5) is 0. The zero-order chi connectivity index (χ0) is 14.3. The van der Waals surface area contributed by atoms with Crippen LogP contribution in [0.3, 0.4) is 0 Å². The van der Waals surface area contributed by atoms with Gasteiger partial charge in [0.1, 0.15) is 11.5 Å². The summed E-state index contributed by atoms with van der Waals surface area (Å²) in [6.07, 6.45) is 0.644. The second kappa shape index (κ2) is 8.02. The van der Waals surface area contributed by atoms with Crippen molar-refractivity contribution in [2.75, 3.05) is 26.9 Å². The van der Waals surface area contributed by atoms with E-state index in [1.54, 1.807) is 13.2 Å². The van der Waals surface area contributed by atoms with Gasteiger partial charge in [0, 0.05) is 24.8 Å². The molecule has 0 aliphatic rings. The molecule has 4 heteroatoms. The van der Waals surface area contributed by atoms with Crippen molar-refractivity contribution < 1.29 is 19.3 Å². The first-order valence-electron chi connectivity index (χ1n) is 6.69. The smallest absolute Gasteiger partial charge is 0.128 e. The summed E-state index contributed by atoms with van der Waals surface area (Å²) in [5.41, 5.74) is 2.71. The Morgan fingerprint density at radius 2 is 1.89 bits per heavy atom. The molecule has 0 atom stereocenters. The Balaban J connectivity index is 3.19. The summed E-state index contributed by atoms with van der Waals surface area (Å²) >= 11 is 0. The molecule has 4 nitrogen and oxygen atoms in total. The Kier molecular flexibility index (Phi) is 6.67. The first kappa shape index (κ1) is 15.8. The highest BCUT2D eigenvalue weighted by Gasteiger charge is 2.17. The fraction of sp³-hybridized carbons (Fsp3) is 0.600. The summed E-state index contributed by atoms with van der Waals surface area (Å²) in [5, 5.41) is 10.1. The zero-order valence-corrected chi connectivity index (χ0v) is 12.3. The third-order valence-electron chi connectivity index (χ3n) is 2.95. The van der Waals surface area contributed by atoms with Crippen LogP contribution in [0.2, 0.25) is 0 Å². The maximum absolute atomic E-state index is 10.1. The summed E-state index contributed by atoms with van der Waals surface area (Å²) in [6, 6.07) is 1.74. The number of ether oxygens (including phenoxy) is 3. The van der Waals surface area contributed by atoms with E-state index in [4.69, 9.17) is 14.2 Å². The minimum atomic E-state index is 0.285. The molecule has 0 saturated heterocycles. The van der Waals surface area contributed by atoms with E-state index in [0.717, 1.165) is 22.4 Å². The largest absolute Gasteiger partial charge is 0.508 e. The Bertz CT molecular complexity index is 402. The van der Waals surface area contributed by atoms with Crippen molar-refractivity contribution in [3.05, 3.63) is 22.8 Å². The number of hydrogen-bond acceptors (Lipinski definition) is 4. The van der Waals surface area contributed by atoms with Gasteiger partial charge in [-0.25, -0.2) is 0 Å². The number of aryl methyl sites for hydroxylation is 1. The molecule has 1 N–H and O–H groups in total. The molecule has 19 heavy (non-hydrogen) atoms. The number of benzene rings is 1. The van der Waals surface area contributed by atoms with Gasteiger partial charge in [-0.05, 0) is 38.8 Å². The lowest BCUT2D eigenvalue weighted by Gasteiger charge is -2.18. The zero-order valence-electron chi connectivity index (χ0n) is 12.3. The van der Waals surface area contributed by atoms with Crippen LogP contribution in [0.4, 0.5) is 0 Å². The van der Waals surface area contributed by atoms with Gasteiger partial charge < -0.3 is 19.3 Å². The molecule has 108 valence electrons. The topological polar surface area (TPSA) is 47.9 Å². The fourth-order valence-electron chi connectivity index (χ4n) is 2.07. The molecule has 0 aliphatic carbocycles. The number of rotatable bonds is 8. The fourth-order valence-corrected chi connectivity index (χ4v) is 2.07. The summed E-state index contributed by atoms with van der Waals surface area (Å²) in [6.45, 7) is 8.05. The predicted molar refractivity (Wildman–Crippen MR) is 74.9 cm³/mol. The molecule has 0 bridgehead atoms. The Morgan fingerprint density at radius 3 is 2.47 bits per heavy atom. The van der Waals surface area contributed by atoms with Crippen molar-refractivity contribution >= 4 is 0 Å². The molecule has 0 radical (unpaired) electrons. The van der Waals surface area contributed by atoms with E-state index in [9.17, 15) is 5.11 Å². The van der Waals surface area contributed by atoms with Crippen LogP contribution in [0, 0.1) is 6.92 Å². The van der Waals surface area contributed by atoms with Crippen molar-refractivity contribution in [1.82, 2.24) is 0 Å². The lowest BCUT2D eigenvalue weighted by Crippen LogP contribution is -2.07. The summed E-state index contributed by atoms with van der Waals surface area (Å²) in [5.74, 6) is 1.10. The van der Waals surface area contributed by atoms with Gasteiger partial charge in [-0.15, -0.1) is 0 Å². The lowest BCUT2D eigenvalue weighted by molar-refractivity contribution is 0.129. The van der Waals surface area contributed by atoms with Crippen molar-refractivity contribution in [1.29, 1.82) is 0 Å². The Labute approximate surface area is 115 Å². The number of phenolic OH excluding ortho intramolecular Hbond substituents is 1. The maximum Gasteiger partial charge on any atom is 0.128 e. The highest BCUT2D eigenvalue weighted by molar-refractivity contribution is 5.52. The van der Waals surface area contributed by atoms with Crippen molar-refractivity contribution in [2.45, 2.75) is 33.8 Å². The molecule has 1 aromatic carbocycles. The van der Waals surface area contributed by atoms with Crippen LogP contribution in [-0.2, 0) is 22.5 Å². The number of hydrogen-bond donors (Lipinski definition) is 1. The van der Waals surface area contributed by atoms with E-state index in [0.29, 0.717) is 32.8 Å². The van der Waals surface area contributed by atoms with E-state index < -0.39 is 0 Å². The molecule has 0 fully saturated rings.